The second kappa shape index (κ2) is 5.04. The fraction of sp³-hybridized carbons (Fsp3) is 0.571. The van der Waals surface area contributed by atoms with E-state index in [-0.39, 0.29) is 0 Å². The standard InChI is InChI=1S/C7H12NO6P/c8-3(5(11)12)1-7(15,6(13)14)2-4(9)10/h3H,1-2,8,15H2,(H,9,10)(H,11,12)(H,13,14). The van der Waals surface area contributed by atoms with E-state index in [9.17, 15) is 14.4 Å². The summed E-state index contributed by atoms with van der Waals surface area (Å²) in [5.41, 5.74) is 5.15. The zero-order valence-corrected chi connectivity index (χ0v) is 8.87. The first-order valence-electron chi connectivity index (χ1n) is 3.91. The van der Waals surface area contributed by atoms with E-state index in [4.69, 9.17) is 21.1 Å². The third-order valence-corrected chi connectivity index (χ3v) is 2.48. The molecule has 0 radical (unpaired) electrons. The molecule has 0 aliphatic carbocycles. The molecule has 0 aromatic carbocycles. The van der Waals surface area contributed by atoms with Crippen LogP contribution in [-0.2, 0) is 14.4 Å². The number of carboxylic acids is 3. The van der Waals surface area contributed by atoms with Gasteiger partial charge < -0.3 is 21.1 Å². The van der Waals surface area contributed by atoms with Crippen LogP contribution in [0.2, 0.25) is 0 Å². The number of carboxylic acid groups (broad SMARTS) is 3. The summed E-state index contributed by atoms with van der Waals surface area (Å²) < 4.78 is 0. The van der Waals surface area contributed by atoms with Crippen molar-refractivity contribution in [3.05, 3.63) is 0 Å². The van der Waals surface area contributed by atoms with Gasteiger partial charge in [0, 0.05) is 0 Å². The topological polar surface area (TPSA) is 138 Å². The summed E-state index contributed by atoms with van der Waals surface area (Å²) in [5.74, 6) is -4.11. The lowest BCUT2D eigenvalue weighted by atomic mass is 9.95. The van der Waals surface area contributed by atoms with Gasteiger partial charge in [0.15, 0.2) is 0 Å². The predicted octanol–water partition coefficient (Wildman–Crippen LogP) is -1.04. The molecule has 0 amide bonds. The highest BCUT2D eigenvalue weighted by Crippen LogP contribution is 2.28. The van der Waals surface area contributed by atoms with Gasteiger partial charge in [-0.1, -0.05) is 0 Å². The Bertz CT molecular complexity index is 293. The van der Waals surface area contributed by atoms with Crippen LogP contribution in [0.3, 0.4) is 0 Å². The largest absolute Gasteiger partial charge is 0.481 e. The summed E-state index contributed by atoms with van der Waals surface area (Å²) in [5, 5.41) is 24.0. The maximum Gasteiger partial charge on any atom is 0.320 e. The van der Waals surface area contributed by atoms with Gasteiger partial charge in [-0.3, -0.25) is 14.4 Å². The second-order valence-corrected chi connectivity index (χ2v) is 4.29. The minimum Gasteiger partial charge on any atom is -0.481 e. The van der Waals surface area contributed by atoms with Crippen molar-refractivity contribution in [3.63, 3.8) is 0 Å². The van der Waals surface area contributed by atoms with Crippen molar-refractivity contribution >= 4 is 27.1 Å². The lowest BCUT2D eigenvalue weighted by Gasteiger charge is -2.24. The van der Waals surface area contributed by atoms with E-state index in [0.29, 0.717) is 0 Å². The molecule has 0 rings (SSSR count). The van der Waals surface area contributed by atoms with E-state index in [0.717, 1.165) is 0 Å². The highest BCUT2D eigenvalue weighted by atomic mass is 31.0. The van der Waals surface area contributed by atoms with Crippen LogP contribution in [0.1, 0.15) is 12.8 Å². The number of rotatable bonds is 6. The first-order chi connectivity index (χ1) is 6.69. The Balaban J connectivity index is 4.73. The van der Waals surface area contributed by atoms with Crippen LogP contribution >= 0.6 is 9.24 Å². The molecule has 0 aromatic rings. The van der Waals surface area contributed by atoms with E-state index in [1.165, 1.54) is 0 Å². The third-order valence-electron chi connectivity index (χ3n) is 1.79. The minimum atomic E-state index is -1.75. The van der Waals surface area contributed by atoms with Crippen molar-refractivity contribution in [3.8, 4) is 0 Å². The molecular weight excluding hydrogens is 225 g/mol. The minimum absolute atomic E-state index is 0.464. The predicted molar refractivity (Wildman–Crippen MR) is 52.6 cm³/mol. The van der Waals surface area contributed by atoms with Crippen LogP contribution in [-0.4, -0.2) is 44.4 Å². The highest BCUT2D eigenvalue weighted by molar-refractivity contribution is 7.21. The van der Waals surface area contributed by atoms with E-state index >= 15 is 0 Å². The molecule has 0 saturated carbocycles. The number of hydrogen-bond donors (Lipinski definition) is 4. The first kappa shape index (κ1) is 13.8. The Morgan fingerprint density at radius 1 is 1.27 bits per heavy atom. The number of carbonyl (C=O) groups is 3. The van der Waals surface area contributed by atoms with Gasteiger partial charge in [0.25, 0.3) is 0 Å². The zero-order valence-electron chi connectivity index (χ0n) is 7.71. The van der Waals surface area contributed by atoms with Crippen molar-refractivity contribution in [1.82, 2.24) is 0 Å². The fourth-order valence-corrected chi connectivity index (χ4v) is 1.41. The number of hydrogen-bond acceptors (Lipinski definition) is 4. The molecule has 3 atom stereocenters. The van der Waals surface area contributed by atoms with Gasteiger partial charge in [-0.05, 0) is 6.42 Å². The molecule has 0 saturated heterocycles. The zero-order chi connectivity index (χ0) is 12.2. The highest BCUT2D eigenvalue weighted by Gasteiger charge is 2.39. The Hall–Kier alpha value is -1.20. The monoisotopic (exact) mass is 237 g/mol. The van der Waals surface area contributed by atoms with E-state index < -0.39 is 41.9 Å². The Morgan fingerprint density at radius 2 is 1.73 bits per heavy atom. The first-order valence-corrected chi connectivity index (χ1v) is 4.49. The van der Waals surface area contributed by atoms with Crippen LogP contribution in [0.5, 0.6) is 0 Å². The molecule has 7 nitrogen and oxygen atoms in total. The van der Waals surface area contributed by atoms with E-state index in [2.05, 4.69) is 0 Å². The maximum absolute atomic E-state index is 10.8. The molecule has 3 unspecified atom stereocenters. The Kier molecular flexibility index (Phi) is 4.64. The molecular formula is C7H12NO6P. The fourth-order valence-electron chi connectivity index (χ4n) is 0.985. The molecule has 0 fully saturated rings. The maximum atomic E-state index is 10.8. The summed E-state index contributed by atoms with van der Waals surface area (Å²) in [6.07, 6.45) is -1.16. The van der Waals surface area contributed by atoms with Gasteiger partial charge >= 0.3 is 17.9 Å². The molecule has 0 heterocycles. The van der Waals surface area contributed by atoms with Crippen LogP contribution in [0.15, 0.2) is 0 Å². The van der Waals surface area contributed by atoms with Gasteiger partial charge in [0.05, 0.1) is 11.6 Å². The van der Waals surface area contributed by atoms with Crippen molar-refractivity contribution in [2.75, 3.05) is 0 Å². The average molecular weight is 237 g/mol. The molecule has 8 heteroatoms. The van der Waals surface area contributed by atoms with Crippen LogP contribution in [0.25, 0.3) is 0 Å². The molecule has 0 aliphatic rings. The number of nitrogens with two attached hydrogens (primary N) is 1. The second-order valence-electron chi connectivity index (χ2n) is 3.18. The summed E-state index contributed by atoms with van der Waals surface area (Å²) in [6, 6.07) is -1.40. The average Bonchev–Trinajstić information content (AvgIpc) is 2.01. The molecule has 0 spiro atoms. The van der Waals surface area contributed by atoms with Crippen molar-refractivity contribution in [1.29, 1.82) is 0 Å². The smallest absolute Gasteiger partial charge is 0.320 e. The summed E-state index contributed by atoms with van der Waals surface area (Å²) in [4.78, 5) is 31.6. The van der Waals surface area contributed by atoms with Gasteiger partial charge in [0.2, 0.25) is 0 Å². The Labute approximate surface area is 87.5 Å². The normalized spacial score (nSPS) is 16.4. The lowest BCUT2D eigenvalue weighted by molar-refractivity contribution is -0.147. The van der Waals surface area contributed by atoms with E-state index in [1.54, 1.807) is 0 Å². The van der Waals surface area contributed by atoms with Gasteiger partial charge in [0.1, 0.15) is 6.04 Å². The van der Waals surface area contributed by atoms with Crippen molar-refractivity contribution in [2.45, 2.75) is 24.0 Å². The van der Waals surface area contributed by atoms with Gasteiger partial charge in [-0.15, -0.1) is 9.24 Å². The Morgan fingerprint density at radius 3 is 2.00 bits per heavy atom. The molecule has 0 aliphatic heterocycles. The molecule has 15 heavy (non-hydrogen) atoms. The quantitative estimate of drug-likeness (QED) is 0.433. The van der Waals surface area contributed by atoms with Crippen molar-refractivity contribution < 1.29 is 29.7 Å². The van der Waals surface area contributed by atoms with Crippen LogP contribution in [0, 0.1) is 0 Å². The van der Waals surface area contributed by atoms with Gasteiger partial charge in [-0.2, -0.15) is 0 Å². The summed E-state index contributed by atoms with van der Waals surface area (Å²) in [6.45, 7) is 0. The van der Waals surface area contributed by atoms with Crippen LogP contribution < -0.4 is 5.73 Å². The molecule has 5 N–H and O–H groups in total. The third kappa shape index (κ3) is 4.22. The summed E-state index contributed by atoms with van der Waals surface area (Å²) in [7, 11) is 1.84. The molecule has 86 valence electrons. The lowest BCUT2D eigenvalue weighted by Crippen LogP contribution is -2.43. The van der Waals surface area contributed by atoms with E-state index in [1.807, 2.05) is 9.24 Å². The van der Waals surface area contributed by atoms with Gasteiger partial charge in [-0.25, -0.2) is 0 Å². The van der Waals surface area contributed by atoms with Crippen LogP contribution in [0.4, 0.5) is 0 Å². The van der Waals surface area contributed by atoms with Crippen molar-refractivity contribution in [2.24, 2.45) is 5.73 Å². The molecule has 0 bridgehead atoms. The summed E-state index contributed by atoms with van der Waals surface area (Å²) >= 11 is 0. The number of aliphatic carboxylic acids is 3. The molecule has 0 aromatic heterocycles. The SMILES string of the molecule is NC(CC(P)(CC(=O)O)C(=O)O)C(=O)O.